The minimum atomic E-state index is -4.04. The van der Waals surface area contributed by atoms with E-state index in [-0.39, 0.29) is 9.77 Å². The first-order valence-electron chi connectivity index (χ1n) is 12.0. The molecule has 0 saturated carbocycles. The lowest BCUT2D eigenvalue weighted by Gasteiger charge is -2.15. The Labute approximate surface area is 228 Å². The van der Waals surface area contributed by atoms with Crippen molar-refractivity contribution in [2.75, 3.05) is 36.8 Å². The van der Waals surface area contributed by atoms with Crippen LogP contribution in [-0.2, 0) is 10.0 Å². The molecule has 3 N–H and O–H groups in total. The number of carbonyl (C=O) groups is 1. The first-order valence-corrected chi connectivity index (χ1v) is 14.6. The summed E-state index contributed by atoms with van der Waals surface area (Å²) in [5.41, 5.74) is 2.18. The molecule has 0 radical (unpaired) electrons. The van der Waals surface area contributed by atoms with Crippen molar-refractivity contribution < 1.29 is 13.2 Å². The summed E-state index contributed by atoms with van der Waals surface area (Å²) in [6.45, 7) is 4.12. The monoisotopic (exact) mass is 572 g/mol. The third-order valence-corrected chi connectivity index (χ3v) is 9.21. The summed E-state index contributed by atoms with van der Waals surface area (Å²) < 4.78 is 28.2. The van der Waals surface area contributed by atoms with Gasteiger partial charge in [-0.2, -0.15) is 0 Å². The van der Waals surface area contributed by atoms with Crippen molar-refractivity contribution in [3.63, 3.8) is 0 Å². The number of fused-ring (bicyclic) bond motifs is 1. The van der Waals surface area contributed by atoms with Crippen molar-refractivity contribution >= 4 is 61.3 Å². The molecule has 0 spiro atoms. The van der Waals surface area contributed by atoms with Crippen LogP contribution in [0.2, 0.25) is 4.34 Å². The normalized spacial score (nSPS) is 14.0. The molecule has 2 amide bonds. The molecule has 3 heterocycles. The van der Waals surface area contributed by atoms with E-state index in [0.717, 1.165) is 43.2 Å². The fourth-order valence-electron chi connectivity index (χ4n) is 4.26. The molecular formula is C25H25ClN6O4S2. The number of thiophene rings is 1. The van der Waals surface area contributed by atoms with Gasteiger partial charge in [-0.15, -0.1) is 11.3 Å². The minimum absolute atomic E-state index is 0.0684. The van der Waals surface area contributed by atoms with E-state index in [9.17, 15) is 18.0 Å². The number of halogens is 1. The number of nitrogens with zero attached hydrogens (tertiary/aromatic N) is 3. The number of likely N-dealkylation sites (tertiary alicyclic amines) is 1. The molecule has 198 valence electrons. The molecule has 2 aromatic carbocycles. The Morgan fingerprint density at radius 3 is 2.47 bits per heavy atom. The Kier molecular flexibility index (Phi) is 7.65. The van der Waals surface area contributed by atoms with Gasteiger partial charge >= 0.3 is 6.03 Å². The van der Waals surface area contributed by atoms with Gasteiger partial charge in [0.2, 0.25) is 0 Å². The van der Waals surface area contributed by atoms with Gasteiger partial charge in [0.15, 0.2) is 0 Å². The number of sulfonamides is 1. The van der Waals surface area contributed by atoms with Crippen LogP contribution in [0.5, 0.6) is 0 Å². The summed E-state index contributed by atoms with van der Waals surface area (Å²) >= 11 is 6.62. The number of anilines is 2. The third-order valence-electron chi connectivity index (χ3n) is 6.16. The number of rotatable bonds is 8. The summed E-state index contributed by atoms with van der Waals surface area (Å²) in [6.07, 6.45) is 3.99. The third kappa shape index (κ3) is 5.99. The van der Waals surface area contributed by atoms with Crippen LogP contribution in [0.15, 0.2) is 69.9 Å². The fraction of sp³-hybridized carbons (Fsp3) is 0.240. The highest BCUT2D eigenvalue weighted by Gasteiger charge is 2.20. The number of hydrogen-bond donors (Lipinski definition) is 3. The lowest BCUT2D eigenvalue weighted by atomic mass is 10.2. The predicted octanol–water partition coefficient (Wildman–Crippen LogP) is 4.12. The van der Waals surface area contributed by atoms with Crippen LogP contribution in [0.25, 0.3) is 16.6 Å². The van der Waals surface area contributed by atoms with E-state index in [1.807, 2.05) is 16.9 Å². The number of aromatic nitrogens is 2. The molecule has 0 aliphatic carbocycles. The van der Waals surface area contributed by atoms with Crippen molar-refractivity contribution in [3.05, 3.63) is 75.6 Å². The average molecular weight is 573 g/mol. The van der Waals surface area contributed by atoms with Gasteiger partial charge < -0.3 is 15.5 Å². The van der Waals surface area contributed by atoms with Crippen molar-refractivity contribution in [1.82, 2.24) is 19.2 Å². The van der Waals surface area contributed by atoms with E-state index < -0.39 is 16.1 Å². The first kappa shape index (κ1) is 26.2. The van der Waals surface area contributed by atoms with Crippen molar-refractivity contribution in [1.29, 1.82) is 0 Å². The summed E-state index contributed by atoms with van der Waals surface area (Å²) in [5.74, 6) is 0. The van der Waals surface area contributed by atoms with Gasteiger partial charge in [0.1, 0.15) is 10.5 Å². The number of urea groups is 1. The molecule has 1 fully saturated rings. The number of amides is 2. The van der Waals surface area contributed by atoms with Gasteiger partial charge in [0.25, 0.3) is 15.6 Å². The van der Waals surface area contributed by atoms with Crippen LogP contribution in [0, 0.1) is 0 Å². The van der Waals surface area contributed by atoms with Crippen LogP contribution in [0.4, 0.5) is 16.2 Å². The zero-order valence-corrected chi connectivity index (χ0v) is 22.6. The van der Waals surface area contributed by atoms with E-state index >= 15 is 0 Å². The van der Waals surface area contributed by atoms with E-state index in [1.165, 1.54) is 35.9 Å². The minimum Gasteiger partial charge on any atom is -0.384 e. The lowest BCUT2D eigenvalue weighted by molar-refractivity contribution is 0.256. The quantitative estimate of drug-likeness (QED) is 0.290. The largest absolute Gasteiger partial charge is 0.384 e. The van der Waals surface area contributed by atoms with Crippen molar-refractivity contribution in [2.24, 2.45) is 0 Å². The standard InChI is InChI=1S/C25H25ClN6O4S2/c26-22-9-10-23(37-22)38(35,36)30-25(34)29-17-3-6-19(7-4-17)32-16-28-21-15-18(5-8-20(21)24(32)33)27-11-14-31-12-1-2-13-31/h3-10,15-16,27H,1-2,11-14H2,(H2,29,30,34). The Morgan fingerprint density at radius 2 is 1.76 bits per heavy atom. The average Bonchev–Trinajstić information content (AvgIpc) is 3.57. The molecule has 0 atom stereocenters. The molecule has 1 saturated heterocycles. The van der Waals surface area contributed by atoms with Gasteiger partial charge in [0, 0.05) is 24.5 Å². The Hall–Kier alpha value is -3.45. The van der Waals surface area contributed by atoms with Crippen LogP contribution >= 0.6 is 22.9 Å². The van der Waals surface area contributed by atoms with Crippen molar-refractivity contribution in [2.45, 2.75) is 17.1 Å². The molecule has 2 aromatic heterocycles. The molecule has 1 aliphatic heterocycles. The number of nitrogens with one attached hydrogen (secondary N) is 3. The Balaban J connectivity index is 1.24. The highest BCUT2D eigenvalue weighted by atomic mass is 35.5. The second-order valence-corrected chi connectivity index (χ2v) is 12.4. The fourth-order valence-corrected chi connectivity index (χ4v) is 6.65. The highest BCUT2D eigenvalue weighted by Crippen LogP contribution is 2.25. The molecule has 0 bridgehead atoms. The maximum absolute atomic E-state index is 13.1. The van der Waals surface area contributed by atoms with Gasteiger partial charge in [-0.3, -0.25) is 9.36 Å². The van der Waals surface area contributed by atoms with Crippen LogP contribution in [0.1, 0.15) is 12.8 Å². The zero-order chi connectivity index (χ0) is 26.7. The summed E-state index contributed by atoms with van der Waals surface area (Å²) in [7, 11) is -4.04. The van der Waals surface area contributed by atoms with Crippen LogP contribution in [0.3, 0.4) is 0 Å². The Bertz CT molecular complexity index is 1630. The lowest BCUT2D eigenvalue weighted by Crippen LogP contribution is -2.33. The summed E-state index contributed by atoms with van der Waals surface area (Å²) in [6, 6.07) is 13.7. The predicted molar refractivity (Wildman–Crippen MR) is 150 cm³/mol. The van der Waals surface area contributed by atoms with Gasteiger partial charge in [0.05, 0.1) is 20.9 Å². The number of benzene rings is 2. The molecule has 10 nitrogen and oxygen atoms in total. The van der Waals surface area contributed by atoms with E-state index in [2.05, 4.69) is 20.5 Å². The molecule has 13 heteroatoms. The second kappa shape index (κ2) is 11.1. The summed E-state index contributed by atoms with van der Waals surface area (Å²) in [5, 5.41) is 6.35. The van der Waals surface area contributed by atoms with Crippen LogP contribution < -0.4 is 20.9 Å². The Morgan fingerprint density at radius 1 is 1.03 bits per heavy atom. The van der Waals surface area contributed by atoms with E-state index in [4.69, 9.17) is 11.6 Å². The maximum atomic E-state index is 13.1. The van der Waals surface area contributed by atoms with Gasteiger partial charge in [-0.1, -0.05) is 11.6 Å². The zero-order valence-electron chi connectivity index (χ0n) is 20.2. The molecule has 38 heavy (non-hydrogen) atoms. The molecular weight excluding hydrogens is 548 g/mol. The smallest absolute Gasteiger partial charge is 0.333 e. The number of carbonyl (C=O) groups excluding carboxylic acids is 1. The van der Waals surface area contributed by atoms with Gasteiger partial charge in [-0.25, -0.2) is 22.9 Å². The van der Waals surface area contributed by atoms with E-state index in [0.29, 0.717) is 26.6 Å². The SMILES string of the molecule is O=C(Nc1ccc(-n2cnc3cc(NCCN4CCCC4)ccc3c2=O)cc1)NS(=O)(=O)c1ccc(Cl)s1. The molecule has 4 aromatic rings. The van der Waals surface area contributed by atoms with E-state index in [1.54, 1.807) is 30.3 Å². The molecule has 1 aliphatic rings. The summed E-state index contributed by atoms with van der Waals surface area (Å²) in [4.78, 5) is 32.2. The van der Waals surface area contributed by atoms with Crippen LogP contribution in [-0.4, -0.2) is 55.1 Å². The van der Waals surface area contributed by atoms with Gasteiger partial charge in [-0.05, 0) is 80.5 Å². The second-order valence-electron chi connectivity index (χ2n) is 8.79. The number of hydrogen-bond acceptors (Lipinski definition) is 8. The topological polar surface area (TPSA) is 125 Å². The molecule has 0 unspecified atom stereocenters. The van der Waals surface area contributed by atoms with Crippen molar-refractivity contribution in [3.8, 4) is 5.69 Å². The highest BCUT2D eigenvalue weighted by molar-refractivity contribution is 7.92. The first-order chi connectivity index (χ1) is 18.3. The molecule has 5 rings (SSSR count). The maximum Gasteiger partial charge on any atom is 0.333 e.